The molecule has 1 aromatic carbocycles. The Morgan fingerprint density at radius 1 is 1.07 bits per heavy atom. The van der Waals surface area contributed by atoms with Crippen molar-refractivity contribution in [2.75, 3.05) is 31.1 Å². The monoisotopic (exact) mass is 380 g/mol. The number of hydroxylamine groups is 1. The number of benzene rings is 1. The van der Waals surface area contributed by atoms with Crippen molar-refractivity contribution in [3.63, 3.8) is 0 Å². The molecule has 1 atom stereocenters. The molecule has 1 aliphatic rings. The summed E-state index contributed by atoms with van der Waals surface area (Å²) in [5, 5.41) is 18.9. The van der Waals surface area contributed by atoms with E-state index in [4.69, 9.17) is 5.21 Å². The van der Waals surface area contributed by atoms with E-state index in [-0.39, 0.29) is 0 Å². The van der Waals surface area contributed by atoms with Crippen LogP contribution in [0.2, 0.25) is 0 Å². The predicted molar refractivity (Wildman–Crippen MR) is 108 cm³/mol. The predicted octanol–water partition coefficient (Wildman–Crippen LogP) is 1.75. The number of aliphatic hydroxyl groups excluding tert-OH is 1. The fourth-order valence-corrected chi connectivity index (χ4v) is 3.01. The summed E-state index contributed by atoms with van der Waals surface area (Å²) in [7, 11) is 0. The van der Waals surface area contributed by atoms with E-state index in [1.165, 1.54) is 23.3 Å². The molecule has 0 saturated carbocycles. The quantitative estimate of drug-likeness (QED) is 0.402. The maximum absolute atomic E-state index is 11.0. The van der Waals surface area contributed by atoms with E-state index in [9.17, 15) is 9.90 Å². The van der Waals surface area contributed by atoms with Crippen LogP contribution in [0.1, 0.15) is 11.3 Å². The number of rotatable bonds is 6. The minimum absolute atomic E-state index is 0.596. The van der Waals surface area contributed by atoms with Gasteiger partial charge in [-0.3, -0.25) is 19.9 Å². The molecule has 146 valence electrons. The van der Waals surface area contributed by atoms with E-state index in [0.29, 0.717) is 5.69 Å². The van der Waals surface area contributed by atoms with E-state index in [2.05, 4.69) is 22.0 Å². The number of nitrogens with one attached hydrogen (secondary N) is 1. The molecule has 3 N–H and O–H groups in total. The Labute approximate surface area is 164 Å². The molecule has 1 aromatic heterocycles. The van der Waals surface area contributed by atoms with Crippen molar-refractivity contribution >= 4 is 23.7 Å². The van der Waals surface area contributed by atoms with E-state index in [0.717, 1.165) is 31.7 Å². The number of piperazine rings is 1. The van der Waals surface area contributed by atoms with Gasteiger partial charge in [0.15, 0.2) is 0 Å². The second-order valence-corrected chi connectivity index (χ2v) is 6.46. The lowest BCUT2D eigenvalue weighted by atomic mass is 10.2. The zero-order valence-electron chi connectivity index (χ0n) is 15.5. The van der Waals surface area contributed by atoms with Crippen molar-refractivity contribution in [1.82, 2.24) is 15.4 Å². The van der Waals surface area contributed by atoms with Crippen LogP contribution in [0.4, 0.5) is 5.69 Å². The van der Waals surface area contributed by atoms with Gasteiger partial charge < -0.3 is 10.0 Å². The number of carbonyl (C=O) groups excluding carboxylic acids is 1. The highest BCUT2D eigenvalue weighted by molar-refractivity contribution is 5.90. The van der Waals surface area contributed by atoms with Crippen molar-refractivity contribution in [3.8, 4) is 0 Å². The number of anilines is 1. The summed E-state index contributed by atoms with van der Waals surface area (Å²) in [6, 6.07) is 13.9. The van der Waals surface area contributed by atoms with E-state index >= 15 is 0 Å². The van der Waals surface area contributed by atoms with Crippen LogP contribution in [-0.2, 0) is 4.79 Å². The van der Waals surface area contributed by atoms with Crippen molar-refractivity contribution in [2.24, 2.45) is 0 Å². The van der Waals surface area contributed by atoms with Crippen LogP contribution in [0.3, 0.4) is 0 Å². The lowest BCUT2D eigenvalue weighted by Gasteiger charge is -2.37. The van der Waals surface area contributed by atoms with Crippen LogP contribution in [-0.4, -0.2) is 58.5 Å². The molecule has 0 spiro atoms. The molecule has 2 aromatic rings. The molecular weight excluding hydrogens is 356 g/mol. The van der Waals surface area contributed by atoms with E-state index in [1.54, 1.807) is 18.3 Å². The van der Waals surface area contributed by atoms with Crippen LogP contribution < -0.4 is 10.4 Å². The lowest BCUT2D eigenvalue weighted by Crippen LogP contribution is -2.49. The third kappa shape index (κ3) is 5.50. The average Bonchev–Trinajstić information content (AvgIpc) is 2.77. The van der Waals surface area contributed by atoms with Gasteiger partial charge in [-0.1, -0.05) is 30.3 Å². The number of hydrogen-bond acceptors (Lipinski definition) is 6. The molecule has 0 radical (unpaired) electrons. The third-order valence-electron chi connectivity index (χ3n) is 4.60. The first-order chi connectivity index (χ1) is 13.7. The van der Waals surface area contributed by atoms with Crippen LogP contribution in [0.15, 0.2) is 60.8 Å². The standard InChI is InChI=1S/C21H24N4O3/c26-20(23-28)10-9-18-8-6-17(16-22-18)7-11-21(27)25-14-12-24(13-15-25)19-4-2-1-3-5-19/h1-11,16,21,27-28H,12-15H2,(H,23,26)/b10-9+,11-7+. The fraction of sp³-hybridized carbons (Fsp3) is 0.238. The summed E-state index contributed by atoms with van der Waals surface area (Å²) in [4.78, 5) is 19.5. The Balaban J connectivity index is 1.50. The number of pyridine rings is 1. The number of hydrogen-bond donors (Lipinski definition) is 3. The summed E-state index contributed by atoms with van der Waals surface area (Å²) >= 11 is 0. The molecule has 1 fully saturated rings. The summed E-state index contributed by atoms with van der Waals surface area (Å²) < 4.78 is 0. The summed E-state index contributed by atoms with van der Waals surface area (Å²) in [5.41, 5.74) is 4.18. The first kappa shape index (κ1) is 19.8. The van der Waals surface area contributed by atoms with Gasteiger partial charge in [-0.25, -0.2) is 5.48 Å². The minimum Gasteiger partial charge on any atom is -0.375 e. The minimum atomic E-state index is -0.647. The van der Waals surface area contributed by atoms with Crippen LogP contribution >= 0.6 is 0 Å². The van der Waals surface area contributed by atoms with Gasteiger partial charge in [-0.15, -0.1) is 0 Å². The largest absolute Gasteiger partial charge is 0.375 e. The highest BCUT2D eigenvalue weighted by atomic mass is 16.5. The zero-order chi connectivity index (χ0) is 19.8. The molecule has 7 nitrogen and oxygen atoms in total. The third-order valence-corrected chi connectivity index (χ3v) is 4.60. The normalized spacial score (nSPS) is 16.6. The molecule has 0 bridgehead atoms. The van der Waals surface area contributed by atoms with Crippen LogP contribution in [0.5, 0.6) is 0 Å². The van der Waals surface area contributed by atoms with E-state index in [1.807, 2.05) is 35.2 Å². The van der Waals surface area contributed by atoms with Gasteiger partial charge in [0.2, 0.25) is 0 Å². The molecule has 7 heteroatoms. The van der Waals surface area contributed by atoms with Crippen molar-refractivity contribution < 1.29 is 15.1 Å². The number of aliphatic hydroxyl groups is 1. The second-order valence-electron chi connectivity index (χ2n) is 6.46. The van der Waals surface area contributed by atoms with Gasteiger partial charge in [-0.05, 0) is 35.9 Å². The molecule has 1 amide bonds. The molecule has 2 heterocycles. The van der Waals surface area contributed by atoms with Crippen LogP contribution in [0, 0.1) is 0 Å². The molecule has 1 saturated heterocycles. The van der Waals surface area contributed by atoms with E-state index < -0.39 is 12.1 Å². The zero-order valence-corrected chi connectivity index (χ0v) is 15.5. The Morgan fingerprint density at radius 3 is 2.46 bits per heavy atom. The van der Waals surface area contributed by atoms with Gasteiger partial charge >= 0.3 is 0 Å². The average molecular weight is 380 g/mol. The first-order valence-corrected chi connectivity index (χ1v) is 9.14. The lowest BCUT2D eigenvalue weighted by molar-refractivity contribution is -0.124. The highest BCUT2D eigenvalue weighted by Crippen LogP contribution is 2.16. The smallest absolute Gasteiger partial charge is 0.267 e. The number of para-hydroxylation sites is 1. The van der Waals surface area contributed by atoms with Gasteiger partial charge in [0, 0.05) is 44.1 Å². The number of nitrogens with zero attached hydrogens (tertiary/aromatic N) is 3. The second kappa shape index (κ2) is 9.80. The molecule has 1 aliphatic heterocycles. The number of carbonyl (C=O) groups is 1. The van der Waals surface area contributed by atoms with Gasteiger partial charge in [0.1, 0.15) is 6.23 Å². The molecule has 1 unspecified atom stereocenters. The summed E-state index contributed by atoms with van der Waals surface area (Å²) in [6.07, 6.45) is 7.29. The first-order valence-electron chi connectivity index (χ1n) is 9.14. The highest BCUT2D eigenvalue weighted by Gasteiger charge is 2.20. The molecule has 3 rings (SSSR count). The maximum Gasteiger partial charge on any atom is 0.267 e. The van der Waals surface area contributed by atoms with Gasteiger partial charge in [0.05, 0.1) is 5.69 Å². The van der Waals surface area contributed by atoms with Crippen molar-refractivity contribution in [1.29, 1.82) is 0 Å². The Kier molecular flexibility index (Phi) is 6.91. The fourth-order valence-electron chi connectivity index (χ4n) is 3.01. The molecule has 0 aliphatic carbocycles. The Bertz CT molecular complexity index is 813. The topological polar surface area (TPSA) is 88.9 Å². The van der Waals surface area contributed by atoms with Crippen LogP contribution in [0.25, 0.3) is 12.2 Å². The number of aromatic nitrogens is 1. The van der Waals surface area contributed by atoms with Gasteiger partial charge in [-0.2, -0.15) is 0 Å². The maximum atomic E-state index is 11.0. The Morgan fingerprint density at radius 2 is 1.82 bits per heavy atom. The molecule has 28 heavy (non-hydrogen) atoms. The SMILES string of the molecule is O=C(/C=C/c1ccc(/C=C/C(O)N2CCN(c3ccccc3)CC2)cn1)NO. The number of amides is 1. The van der Waals surface area contributed by atoms with Crippen molar-refractivity contribution in [3.05, 3.63) is 72.1 Å². The summed E-state index contributed by atoms with van der Waals surface area (Å²) in [6.45, 7) is 3.32. The Hall–Kier alpha value is -3.00. The molecular formula is C21H24N4O3. The van der Waals surface area contributed by atoms with Crippen molar-refractivity contribution in [2.45, 2.75) is 6.23 Å². The van der Waals surface area contributed by atoms with Gasteiger partial charge in [0.25, 0.3) is 5.91 Å². The summed E-state index contributed by atoms with van der Waals surface area (Å²) in [5.74, 6) is -0.610.